The number of hydrogen-bond donors (Lipinski definition) is 1. The third-order valence-corrected chi connectivity index (χ3v) is 5.06. The molecule has 29 heavy (non-hydrogen) atoms. The number of ether oxygens (including phenoxy) is 1. The Morgan fingerprint density at radius 3 is 1.83 bits per heavy atom. The molecule has 0 heterocycles. The van der Waals surface area contributed by atoms with E-state index >= 15 is 0 Å². The molecule has 0 saturated carbocycles. The van der Waals surface area contributed by atoms with Gasteiger partial charge in [0.05, 0.1) is 19.6 Å². The van der Waals surface area contributed by atoms with Crippen LogP contribution in [0.15, 0.2) is 0 Å². The van der Waals surface area contributed by atoms with Crippen molar-refractivity contribution in [3.63, 3.8) is 0 Å². The second-order valence-corrected chi connectivity index (χ2v) is 8.02. The van der Waals surface area contributed by atoms with Gasteiger partial charge in [0, 0.05) is 0 Å². The van der Waals surface area contributed by atoms with Crippen molar-refractivity contribution >= 4 is 22.1 Å². The van der Waals surface area contributed by atoms with Crippen molar-refractivity contribution in [2.75, 3.05) is 13.2 Å². The van der Waals surface area contributed by atoms with Crippen LogP contribution in [0.3, 0.4) is 0 Å². The van der Waals surface area contributed by atoms with E-state index in [1.807, 2.05) is 0 Å². The average molecular weight is 459 g/mol. The Hall–Kier alpha value is 0.810. The Bertz CT molecular complexity index is 525. The fourth-order valence-corrected chi connectivity index (χ4v) is 3.13. The van der Waals surface area contributed by atoms with Gasteiger partial charge in [-0.1, -0.05) is 64.7 Å². The van der Waals surface area contributed by atoms with Gasteiger partial charge in [0.25, 0.3) is 10.1 Å². The first-order valence-corrected chi connectivity index (χ1v) is 11.3. The summed E-state index contributed by atoms with van der Waals surface area (Å²) in [6, 6.07) is 0. The third-order valence-electron chi connectivity index (χ3n) is 3.99. The van der Waals surface area contributed by atoms with Gasteiger partial charge in [0.15, 0.2) is 5.25 Å². The van der Waals surface area contributed by atoms with Crippen molar-refractivity contribution in [2.24, 2.45) is 0 Å². The third kappa shape index (κ3) is 20.5. The predicted molar refractivity (Wildman–Crippen MR) is 103 cm³/mol. The standard InChI is InChI=1S/C18H34O8S.2Na.2H/c1-3-5-6-7-8-9-10-11-12-13-14-24-18(20)16(27(21,22)23)15-17(19)26-25-4-2;;;;/h16H,3-15H2,1-2H3,(H,21,22,23);;;;/q;2*+1;2*-1. The fraction of sp³-hybridized carbons (Fsp3) is 0.889. The zero-order valence-electron chi connectivity index (χ0n) is 20.5. The largest absolute Gasteiger partial charge is 1.00 e. The number of rotatable bonds is 17. The van der Waals surface area contributed by atoms with Gasteiger partial charge in [0.1, 0.15) is 0 Å². The van der Waals surface area contributed by atoms with Crippen LogP contribution in [0.2, 0.25) is 0 Å². The monoisotopic (exact) mass is 458 g/mol. The van der Waals surface area contributed by atoms with Crippen molar-refractivity contribution in [2.45, 2.75) is 89.7 Å². The zero-order chi connectivity index (χ0) is 20.5. The normalized spacial score (nSPS) is 11.7. The maximum Gasteiger partial charge on any atom is 1.00 e. The van der Waals surface area contributed by atoms with E-state index in [0.717, 1.165) is 19.3 Å². The van der Waals surface area contributed by atoms with Crippen LogP contribution < -0.4 is 59.1 Å². The summed E-state index contributed by atoms with van der Waals surface area (Å²) < 4.78 is 36.6. The van der Waals surface area contributed by atoms with Gasteiger partial charge in [-0.05, 0) is 13.3 Å². The minimum Gasteiger partial charge on any atom is -1.00 e. The number of esters is 1. The average Bonchev–Trinajstić information content (AvgIpc) is 2.61. The summed E-state index contributed by atoms with van der Waals surface area (Å²) in [5, 5.41) is -2.01. The number of carbonyl (C=O) groups excluding carboxylic acids is 2. The molecule has 0 fully saturated rings. The summed E-state index contributed by atoms with van der Waals surface area (Å²) in [4.78, 5) is 31.9. The molecule has 0 aromatic carbocycles. The number of unbranched alkanes of at least 4 members (excludes halogenated alkanes) is 9. The number of carbonyl (C=O) groups is 2. The fourth-order valence-electron chi connectivity index (χ4n) is 2.48. The molecule has 0 bridgehead atoms. The summed E-state index contributed by atoms with van der Waals surface area (Å²) in [6.45, 7) is 3.87. The van der Waals surface area contributed by atoms with E-state index < -0.39 is 33.7 Å². The Labute approximate surface area is 222 Å². The summed E-state index contributed by atoms with van der Waals surface area (Å²) in [5.74, 6) is -2.24. The first kappa shape index (κ1) is 34.4. The molecular weight excluding hydrogens is 422 g/mol. The van der Waals surface area contributed by atoms with Crippen LogP contribution in [-0.4, -0.2) is 43.4 Å². The molecule has 8 nitrogen and oxygen atoms in total. The smallest absolute Gasteiger partial charge is 1.00 e. The molecule has 0 aromatic heterocycles. The van der Waals surface area contributed by atoms with Gasteiger partial charge < -0.3 is 7.59 Å². The van der Waals surface area contributed by atoms with Crippen LogP contribution in [-0.2, 0) is 34.2 Å². The Kier molecular flexibility index (Phi) is 26.1. The Balaban J connectivity index is -0.000000563. The second-order valence-electron chi connectivity index (χ2n) is 6.42. The zero-order valence-corrected chi connectivity index (χ0v) is 23.3. The Morgan fingerprint density at radius 2 is 1.38 bits per heavy atom. The molecule has 1 N–H and O–H groups in total. The van der Waals surface area contributed by atoms with Crippen LogP contribution in [0.4, 0.5) is 0 Å². The van der Waals surface area contributed by atoms with Crippen molar-refractivity contribution in [1.29, 1.82) is 0 Å². The predicted octanol–water partition coefficient (Wildman–Crippen LogP) is -2.18. The topological polar surface area (TPSA) is 116 Å². The van der Waals surface area contributed by atoms with E-state index in [1.54, 1.807) is 6.92 Å². The van der Waals surface area contributed by atoms with Crippen LogP contribution in [0.5, 0.6) is 0 Å². The van der Waals surface area contributed by atoms with Crippen molar-refractivity contribution < 1.29 is 99.0 Å². The maximum absolute atomic E-state index is 11.8. The minimum absolute atomic E-state index is 0. The molecule has 0 aromatic rings. The van der Waals surface area contributed by atoms with Gasteiger partial charge in [-0.3, -0.25) is 14.2 Å². The summed E-state index contributed by atoms with van der Waals surface area (Å²) >= 11 is 0. The van der Waals surface area contributed by atoms with Gasteiger partial charge >= 0.3 is 71.1 Å². The molecule has 164 valence electrons. The SMILES string of the molecule is CCCCCCCCCCCCOC(=O)C(CC(=O)OOCC)S(=O)(=O)O.[H-].[H-].[Na+].[Na+]. The molecular formula is C18H36Na2O8S. The van der Waals surface area contributed by atoms with Gasteiger partial charge in [-0.25, -0.2) is 4.79 Å². The molecule has 0 aliphatic carbocycles. The van der Waals surface area contributed by atoms with E-state index in [-0.39, 0.29) is 75.2 Å². The number of hydrogen-bond acceptors (Lipinski definition) is 7. The quantitative estimate of drug-likeness (QED) is 0.0654. The van der Waals surface area contributed by atoms with Crippen LogP contribution >= 0.6 is 0 Å². The van der Waals surface area contributed by atoms with Gasteiger partial charge in [-0.2, -0.15) is 13.3 Å². The summed E-state index contributed by atoms with van der Waals surface area (Å²) in [7, 11) is -4.78. The molecule has 1 unspecified atom stereocenters. The maximum atomic E-state index is 11.8. The molecule has 0 spiro atoms. The first-order valence-electron chi connectivity index (χ1n) is 9.78. The van der Waals surface area contributed by atoms with Gasteiger partial charge in [-0.15, -0.1) is 0 Å². The summed E-state index contributed by atoms with van der Waals surface area (Å²) in [5.41, 5.74) is 0. The summed E-state index contributed by atoms with van der Waals surface area (Å²) in [6.07, 6.45) is 10.3. The van der Waals surface area contributed by atoms with Crippen LogP contribution in [0.1, 0.15) is 87.3 Å². The molecule has 11 heteroatoms. The van der Waals surface area contributed by atoms with E-state index in [9.17, 15) is 18.0 Å². The van der Waals surface area contributed by atoms with E-state index in [4.69, 9.17) is 9.29 Å². The first-order chi connectivity index (χ1) is 12.8. The van der Waals surface area contributed by atoms with Crippen LogP contribution in [0.25, 0.3) is 0 Å². The van der Waals surface area contributed by atoms with Gasteiger partial charge in [0.2, 0.25) is 0 Å². The molecule has 0 aliphatic rings. The second kappa shape index (κ2) is 22.0. The molecule has 0 radical (unpaired) electrons. The molecule has 0 saturated heterocycles. The van der Waals surface area contributed by atoms with E-state index in [1.165, 1.54) is 38.5 Å². The Morgan fingerprint density at radius 1 is 0.897 bits per heavy atom. The molecule has 0 rings (SSSR count). The molecule has 0 aliphatic heterocycles. The molecule has 1 atom stereocenters. The van der Waals surface area contributed by atoms with Crippen molar-refractivity contribution in [1.82, 2.24) is 0 Å². The van der Waals surface area contributed by atoms with E-state index in [2.05, 4.69) is 16.7 Å². The minimum atomic E-state index is -4.78. The van der Waals surface area contributed by atoms with Crippen LogP contribution in [0, 0.1) is 0 Å². The van der Waals surface area contributed by atoms with Crippen molar-refractivity contribution in [3.8, 4) is 0 Å². The van der Waals surface area contributed by atoms with E-state index in [0.29, 0.717) is 6.42 Å². The van der Waals surface area contributed by atoms with Crippen molar-refractivity contribution in [3.05, 3.63) is 0 Å². The molecule has 0 amide bonds.